The monoisotopic (exact) mass is 301 g/mol. The number of hydrogen-bond acceptors (Lipinski definition) is 3. The van der Waals surface area contributed by atoms with Crippen molar-refractivity contribution < 1.29 is 0 Å². The van der Waals surface area contributed by atoms with Gasteiger partial charge in [-0.2, -0.15) is 0 Å². The molecule has 3 heteroatoms. The quantitative estimate of drug-likeness (QED) is 0.878. The van der Waals surface area contributed by atoms with Gasteiger partial charge in [0, 0.05) is 25.2 Å². The molecule has 3 atom stereocenters. The largest absolute Gasteiger partial charge is 0.330 e. The topological polar surface area (TPSA) is 41.3 Å². The van der Waals surface area contributed by atoms with E-state index in [2.05, 4.69) is 40.5 Å². The Labute approximate surface area is 135 Å². The molecule has 0 spiro atoms. The fraction of sp³-hybridized carbons (Fsp3) is 0.684. The van der Waals surface area contributed by atoms with Gasteiger partial charge in [-0.15, -0.1) is 0 Å². The van der Waals surface area contributed by atoms with Gasteiger partial charge >= 0.3 is 0 Å². The van der Waals surface area contributed by atoms with Gasteiger partial charge in [-0.1, -0.05) is 43.2 Å². The van der Waals surface area contributed by atoms with Gasteiger partial charge in [0.2, 0.25) is 0 Å². The molecule has 122 valence electrons. The molecule has 1 heterocycles. The molecule has 0 radical (unpaired) electrons. The van der Waals surface area contributed by atoms with E-state index >= 15 is 0 Å². The zero-order valence-electron chi connectivity index (χ0n) is 13.7. The smallest absolute Gasteiger partial charge is 0.0234 e. The standard InChI is InChI=1S/C19H31N3/c20-13-17-9-4-5-11-19(17)21-18-10-6-12-22(15-18)14-16-7-2-1-3-8-16/h1-3,7-8,17-19,21H,4-6,9-15,20H2. The summed E-state index contributed by atoms with van der Waals surface area (Å²) < 4.78 is 0. The number of benzene rings is 1. The van der Waals surface area contributed by atoms with Gasteiger partial charge in [-0.05, 0) is 50.3 Å². The fourth-order valence-corrected chi connectivity index (χ4v) is 4.19. The van der Waals surface area contributed by atoms with Gasteiger partial charge in [0.05, 0.1) is 0 Å². The second-order valence-electron chi connectivity index (χ2n) is 7.11. The first-order valence-corrected chi connectivity index (χ1v) is 9.07. The lowest BCUT2D eigenvalue weighted by Gasteiger charge is -2.39. The van der Waals surface area contributed by atoms with Crippen LogP contribution >= 0.6 is 0 Å². The van der Waals surface area contributed by atoms with E-state index in [1.54, 1.807) is 0 Å². The molecule has 3 N–H and O–H groups in total. The fourth-order valence-electron chi connectivity index (χ4n) is 4.19. The van der Waals surface area contributed by atoms with Gasteiger partial charge in [0.1, 0.15) is 0 Å². The molecule has 0 bridgehead atoms. The van der Waals surface area contributed by atoms with Crippen LogP contribution in [0.1, 0.15) is 44.1 Å². The summed E-state index contributed by atoms with van der Waals surface area (Å²) in [5, 5.41) is 3.95. The molecule has 2 aliphatic rings. The first-order chi connectivity index (χ1) is 10.8. The average molecular weight is 301 g/mol. The van der Waals surface area contributed by atoms with Gasteiger partial charge in [0.25, 0.3) is 0 Å². The minimum absolute atomic E-state index is 0.648. The minimum atomic E-state index is 0.648. The lowest BCUT2D eigenvalue weighted by molar-refractivity contribution is 0.155. The highest BCUT2D eigenvalue weighted by Crippen LogP contribution is 2.25. The van der Waals surface area contributed by atoms with Crippen LogP contribution in [0.15, 0.2) is 30.3 Å². The van der Waals surface area contributed by atoms with E-state index in [9.17, 15) is 0 Å². The number of nitrogens with two attached hydrogens (primary N) is 1. The van der Waals surface area contributed by atoms with Crippen molar-refractivity contribution in [3.05, 3.63) is 35.9 Å². The predicted molar refractivity (Wildman–Crippen MR) is 92.7 cm³/mol. The molecule has 0 aromatic heterocycles. The van der Waals surface area contributed by atoms with E-state index < -0.39 is 0 Å². The molecule has 1 aliphatic heterocycles. The number of nitrogens with zero attached hydrogens (tertiary/aromatic N) is 1. The van der Waals surface area contributed by atoms with Crippen molar-refractivity contribution >= 4 is 0 Å². The Morgan fingerprint density at radius 1 is 1.05 bits per heavy atom. The Kier molecular flexibility index (Phi) is 5.88. The molecule has 1 aliphatic carbocycles. The SMILES string of the molecule is NCC1CCCCC1NC1CCCN(Cc2ccccc2)C1. The van der Waals surface area contributed by atoms with Gasteiger partial charge < -0.3 is 11.1 Å². The van der Waals surface area contributed by atoms with E-state index in [4.69, 9.17) is 5.73 Å². The Morgan fingerprint density at radius 3 is 2.68 bits per heavy atom. The maximum atomic E-state index is 5.98. The zero-order valence-corrected chi connectivity index (χ0v) is 13.7. The van der Waals surface area contributed by atoms with Crippen LogP contribution in [0.4, 0.5) is 0 Å². The summed E-state index contributed by atoms with van der Waals surface area (Å²) in [6, 6.07) is 12.2. The number of rotatable bonds is 5. The third-order valence-corrected chi connectivity index (χ3v) is 5.42. The first-order valence-electron chi connectivity index (χ1n) is 9.07. The van der Waals surface area contributed by atoms with Crippen LogP contribution in [0.2, 0.25) is 0 Å². The van der Waals surface area contributed by atoms with Crippen molar-refractivity contribution in [2.45, 2.75) is 57.2 Å². The molecule has 3 rings (SSSR count). The molecular formula is C19H31N3. The van der Waals surface area contributed by atoms with Crippen LogP contribution < -0.4 is 11.1 Å². The number of piperidine rings is 1. The van der Waals surface area contributed by atoms with Crippen LogP contribution in [-0.2, 0) is 6.54 Å². The van der Waals surface area contributed by atoms with E-state index in [1.807, 2.05) is 0 Å². The molecule has 3 nitrogen and oxygen atoms in total. The number of likely N-dealkylation sites (tertiary alicyclic amines) is 1. The van der Waals surface area contributed by atoms with Crippen molar-refractivity contribution in [1.82, 2.24) is 10.2 Å². The van der Waals surface area contributed by atoms with Gasteiger partial charge in [0.15, 0.2) is 0 Å². The molecule has 3 unspecified atom stereocenters. The molecule has 2 fully saturated rings. The summed E-state index contributed by atoms with van der Waals surface area (Å²) in [6.45, 7) is 4.35. The summed E-state index contributed by atoms with van der Waals surface area (Å²) in [4.78, 5) is 2.61. The number of nitrogens with one attached hydrogen (secondary N) is 1. The maximum absolute atomic E-state index is 5.98. The van der Waals surface area contributed by atoms with Crippen molar-refractivity contribution in [1.29, 1.82) is 0 Å². The minimum Gasteiger partial charge on any atom is -0.330 e. The van der Waals surface area contributed by atoms with Crippen molar-refractivity contribution in [2.75, 3.05) is 19.6 Å². The highest BCUT2D eigenvalue weighted by atomic mass is 15.2. The average Bonchev–Trinajstić information content (AvgIpc) is 2.57. The van der Waals surface area contributed by atoms with Crippen LogP contribution in [0.3, 0.4) is 0 Å². The van der Waals surface area contributed by atoms with E-state index in [-0.39, 0.29) is 0 Å². The molecule has 0 amide bonds. The first kappa shape index (κ1) is 16.0. The third kappa shape index (κ3) is 4.31. The zero-order chi connectivity index (χ0) is 15.2. The van der Waals surface area contributed by atoms with Gasteiger partial charge in [-0.25, -0.2) is 0 Å². The molecule has 1 aromatic rings. The maximum Gasteiger partial charge on any atom is 0.0234 e. The normalized spacial score (nSPS) is 30.3. The van der Waals surface area contributed by atoms with Crippen LogP contribution in [0, 0.1) is 5.92 Å². The van der Waals surface area contributed by atoms with E-state index in [0.29, 0.717) is 18.0 Å². The third-order valence-electron chi connectivity index (χ3n) is 5.42. The summed E-state index contributed by atoms with van der Waals surface area (Å²) in [5.41, 5.74) is 7.41. The molecule has 1 aromatic carbocycles. The Balaban J connectivity index is 1.52. The summed E-state index contributed by atoms with van der Waals surface area (Å²) in [6.07, 6.45) is 7.99. The second kappa shape index (κ2) is 8.09. The lowest BCUT2D eigenvalue weighted by Crippen LogP contribution is -2.52. The molecule has 1 saturated carbocycles. The van der Waals surface area contributed by atoms with Gasteiger partial charge in [-0.3, -0.25) is 4.90 Å². The van der Waals surface area contributed by atoms with Crippen molar-refractivity contribution in [3.8, 4) is 0 Å². The molecular weight excluding hydrogens is 270 g/mol. The van der Waals surface area contributed by atoms with Crippen molar-refractivity contribution in [3.63, 3.8) is 0 Å². The lowest BCUT2D eigenvalue weighted by atomic mass is 9.84. The van der Waals surface area contributed by atoms with Crippen LogP contribution in [0.25, 0.3) is 0 Å². The van der Waals surface area contributed by atoms with Crippen molar-refractivity contribution in [2.24, 2.45) is 11.7 Å². The second-order valence-corrected chi connectivity index (χ2v) is 7.11. The number of hydrogen-bond donors (Lipinski definition) is 2. The highest BCUT2D eigenvalue weighted by molar-refractivity contribution is 5.14. The molecule has 1 saturated heterocycles. The Morgan fingerprint density at radius 2 is 1.86 bits per heavy atom. The molecule has 22 heavy (non-hydrogen) atoms. The Hall–Kier alpha value is -0.900. The van der Waals surface area contributed by atoms with E-state index in [0.717, 1.165) is 13.1 Å². The van der Waals surface area contributed by atoms with Crippen LogP contribution in [-0.4, -0.2) is 36.6 Å². The summed E-state index contributed by atoms with van der Waals surface area (Å²) in [7, 11) is 0. The van der Waals surface area contributed by atoms with Crippen LogP contribution in [0.5, 0.6) is 0 Å². The summed E-state index contributed by atoms with van der Waals surface area (Å²) >= 11 is 0. The Bertz CT molecular complexity index is 434. The highest BCUT2D eigenvalue weighted by Gasteiger charge is 2.28. The van der Waals surface area contributed by atoms with E-state index in [1.165, 1.54) is 57.2 Å². The predicted octanol–water partition coefficient (Wildman–Crippen LogP) is 2.76. The summed E-state index contributed by atoms with van der Waals surface area (Å²) in [5.74, 6) is 0.693.